The van der Waals surface area contributed by atoms with Crippen LogP contribution in [0, 0.1) is 24.0 Å². The number of rotatable bonds is 3. The standard InChI is InChI=1S/C14H17F2NO2/c1-8-5-9(11(16)6-10(8)15)13(19)17-7-12(18)14(2,3)4/h5-6H,7H2,1-4H3,(H,17,19). The molecule has 0 heterocycles. The largest absolute Gasteiger partial charge is 0.345 e. The van der Waals surface area contributed by atoms with Crippen LogP contribution in [0.25, 0.3) is 0 Å². The smallest absolute Gasteiger partial charge is 0.254 e. The molecule has 3 nitrogen and oxygen atoms in total. The Hall–Kier alpha value is -1.78. The molecule has 19 heavy (non-hydrogen) atoms. The minimum Gasteiger partial charge on any atom is -0.345 e. The van der Waals surface area contributed by atoms with Crippen LogP contribution in [0.2, 0.25) is 0 Å². The number of hydrogen-bond donors (Lipinski definition) is 1. The maximum absolute atomic E-state index is 13.5. The lowest BCUT2D eigenvalue weighted by atomic mass is 9.91. The van der Waals surface area contributed by atoms with E-state index in [-0.39, 0.29) is 23.5 Å². The van der Waals surface area contributed by atoms with E-state index in [0.717, 1.165) is 6.07 Å². The molecular weight excluding hydrogens is 252 g/mol. The fraction of sp³-hybridized carbons (Fsp3) is 0.429. The van der Waals surface area contributed by atoms with E-state index in [4.69, 9.17) is 0 Å². The fourth-order valence-corrected chi connectivity index (χ4v) is 1.35. The Morgan fingerprint density at radius 3 is 2.26 bits per heavy atom. The summed E-state index contributed by atoms with van der Waals surface area (Å²) in [5.41, 5.74) is -0.667. The lowest BCUT2D eigenvalue weighted by Crippen LogP contribution is -2.35. The van der Waals surface area contributed by atoms with Gasteiger partial charge >= 0.3 is 0 Å². The minimum atomic E-state index is -0.941. The number of carbonyl (C=O) groups is 2. The van der Waals surface area contributed by atoms with Gasteiger partial charge in [-0.3, -0.25) is 9.59 Å². The third kappa shape index (κ3) is 3.84. The van der Waals surface area contributed by atoms with Crippen molar-refractivity contribution in [1.82, 2.24) is 5.32 Å². The van der Waals surface area contributed by atoms with Gasteiger partial charge in [-0.1, -0.05) is 20.8 Å². The monoisotopic (exact) mass is 269 g/mol. The van der Waals surface area contributed by atoms with E-state index in [1.165, 1.54) is 6.92 Å². The van der Waals surface area contributed by atoms with Crippen LogP contribution in [-0.4, -0.2) is 18.2 Å². The van der Waals surface area contributed by atoms with Crippen molar-refractivity contribution in [2.75, 3.05) is 6.54 Å². The molecule has 1 aromatic rings. The zero-order chi connectivity index (χ0) is 14.8. The van der Waals surface area contributed by atoms with E-state index < -0.39 is 23.0 Å². The second kappa shape index (κ2) is 5.47. The molecule has 1 N–H and O–H groups in total. The maximum atomic E-state index is 13.5. The van der Waals surface area contributed by atoms with Gasteiger partial charge in [-0.2, -0.15) is 0 Å². The highest BCUT2D eigenvalue weighted by Crippen LogP contribution is 2.15. The Labute approximate surface area is 111 Å². The Morgan fingerprint density at radius 2 is 1.74 bits per heavy atom. The Morgan fingerprint density at radius 1 is 1.16 bits per heavy atom. The number of Topliss-reactive ketones (excluding diaryl/α,β-unsaturated/α-hetero) is 1. The van der Waals surface area contributed by atoms with Crippen molar-refractivity contribution in [3.05, 3.63) is 34.9 Å². The van der Waals surface area contributed by atoms with Gasteiger partial charge in [-0.25, -0.2) is 8.78 Å². The van der Waals surface area contributed by atoms with Gasteiger partial charge in [-0.15, -0.1) is 0 Å². The number of ketones is 1. The molecule has 0 aliphatic rings. The highest BCUT2D eigenvalue weighted by atomic mass is 19.1. The molecule has 0 aliphatic carbocycles. The second-order valence-electron chi connectivity index (χ2n) is 5.44. The lowest BCUT2D eigenvalue weighted by molar-refractivity contribution is -0.125. The van der Waals surface area contributed by atoms with Crippen molar-refractivity contribution in [2.24, 2.45) is 5.41 Å². The third-order valence-corrected chi connectivity index (χ3v) is 2.74. The first-order valence-corrected chi connectivity index (χ1v) is 5.90. The predicted octanol–water partition coefficient (Wildman–Crippen LogP) is 2.62. The maximum Gasteiger partial charge on any atom is 0.254 e. The van der Waals surface area contributed by atoms with Crippen LogP contribution in [0.5, 0.6) is 0 Å². The van der Waals surface area contributed by atoms with Crippen LogP contribution >= 0.6 is 0 Å². The van der Waals surface area contributed by atoms with Gasteiger partial charge in [0.2, 0.25) is 0 Å². The van der Waals surface area contributed by atoms with Crippen molar-refractivity contribution < 1.29 is 18.4 Å². The SMILES string of the molecule is Cc1cc(C(=O)NCC(=O)C(C)(C)C)c(F)cc1F. The first-order chi connectivity index (χ1) is 8.62. The quantitative estimate of drug-likeness (QED) is 0.916. The molecule has 5 heteroatoms. The molecule has 0 radical (unpaired) electrons. The number of amides is 1. The molecule has 1 aromatic carbocycles. The van der Waals surface area contributed by atoms with Crippen LogP contribution in [0.3, 0.4) is 0 Å². The van der Waals surface area contributed by atoms with E-state index in [1.54, 1.807) is 20.8 Å². The lowest BCUT2D eigenvalue weighted by Gasteiger charge is -2.16. The predicted molar refractivity (Wildman–Crippen MR) is 67.9 cm³/mol. The van der Waals surface area contributed by atoms with Crippen LogP contribution in [0.4, 0.5) is 8.78 Å². The summed E-state index contributed by atoms with van der Waals surface area (Å²) in [5, 5.41) is 2.34. The molecule has 0 saturated carbocycles. The summed E-state index contributed by atoms with van der Waals surface area (Å²) in [6.07, 6.45) is 0. The average Bonchev–Trinajstić information content (AvgIpc) is 2.29. The van der Waals surface area contributed by atoms with Crippen LogP contribution in [-0.2, 0) is 4.79 Å². The zero-order valence-corrected chi connectivity index (χ0v) is 11.4. The number of aryl methyl sites for hydroxylation is 1. The van der Waals surface area contributed by atoms with Gasteiger partial charge in [-0.05, 0) is 18.6 Å². The third-order valence-electron chi connectivity index (χ3n) is 2.74. The molecule has 0 fully saturated rings. The molecule has 1 rings (SSSR count). The van der Waals surface area contributed by atoms with Crippen molar-refractivity contribution in [3.8, 4) is 0 Å². The number of benzene rings is 1. The van der Waals surface area contributed by atoms with Gasteiger partial charge in [0.25, 0.3) is 5.91 Å². The van der Waals surface area contributed by atoms with Crippen molar-refractivity contribution in [3.63, 3.8) is 0 Å². The molecule has 0 bridgehead atoms. The molecular formula is C14H17F2NO2. The Balaban J connectivity index is 2.80. The first kappa shape index (κ1) is 15.3. The Kier molecular flexibility index (Phi) is 4.39. The summed E-state index contributed by atoms with van der Waals surface area (Å²) in [5.74, 6) is -2.54. The molecule has 0 aliphatic heterocycles. The first-order valence-electron chi connectivity index (χ1n) is 5.90. The summed E-state index contributed by atoms with van der Waals surface area (Å²) in [7, 11) is 0. The van der Waals surface area contributed by atoms with E-state index in [9.17, 15) is 18.4 Å². The Bertz CT molecular complexity index is 519. The molecule has 104 valence electrons. The van der Waals surface area contributed by atoms with Gasteiger partial charge in [0.05, 0.1) is 12.1 Å². The molecule has 0 spiro atoms. The van der Waals surface area contributed by atoms with Gasteiger partial charge in [0, 0.05) is 11.5 Å². The summed E-state index contributed by atoms with van der Waals surface area (Å²) >= 11 is 0. The van der Waals surface area contributed by atoms with Crippen LogP contribution < -0.4 is 5.32 Å². The van der Waals surface area contributed by atoms with E-state index in [0.29, 0.717) is 6.07 Å². The summed E-state index contributed by atoms with van der Waals surface area (Å²) in [6, 6.07) is 1.79. The number of halogens is 2. The highest BCUT2D eigenvalue weighted by Gasteiger charge is 2.22. The number of carbonyl (C=O) groups excluding carboxylic acids is 2. The summed E-state index contributed by atoms with van der Waals surface area (Å²) in [4.78, 5) is 23.4. The number of hydrogen-bond acceptors (Lipinski definition) is 2. The molecule has 0 saturated heterocycles. The summed E-state index contributed by atoms with van der Waals surface area (Å²) in [6.45, 7) is 6.43. The van der Waals surface area contributed by atoms with E-state index in [2.05, 4.69) is 5.32 Å². The van der Waals surface area contributed by atoms with Gasteiger partial charge < -0.3 is 5.32 Å². The topological polar surface area (TPSA) is 46.2 Å². The fourth-order valence-electron chi connectivity index (χ4n) is 1.35. The van der Waals surface area contributed by atoms with Crippen LogP contribution in [0.1, 0.15) is 36.7 Å². The van der Waals surface area contributed by atoms with Crippen molar-refractivity contribution in [1.29, 1.82) is 0 Å². The van der Waals surface area contributed by atoms with Crippen molar-refractivity contribution >= 4 is 11.7 Å². The number of nitrogens with one attached hydrogen (secondary N) is 1. The molecule has 0 unspecified atom stereocenters. The van der Waals surface area contributed by atoms with E-state index >= 15 is 0 Å². The normalized spacial score (nSPS) is 11.3. The van der Waals surface area contributed by atoms with Crippen molar-refractivity contribution in [2.45, 2.75) is 27.7 Å². The highest BCUT2D eigenvalue weighted by molar-refractivity contribution is 5.97. The zero-order valence-electron chi connectivity index (χ0n) is 11.4. The van der Waals surface area contributed by atoms with Gasteiger partial charge in [0.15, 0.2) is 5.78 Å². The minimum absolute atomic E-state index is 0.167. The van der Waals surface area contributed by atoms with Gasteiger partial charge in [0.1, 0.15) is 11.6 Å². The molecule has 0 aromatic heterocycles. The summed E-state index contributed by atoms with van der Waals surface area (Å²) < 4.78 is 26.5. The van der Waals surface area contributed by atoms with Crippen LogP contribution in [0.15, 0.2) is 12.1 Å². The molecule has 0 atom stereocenters. The average molecular weight is 269 g/mol. The second-order valence-corrected chi connectivity index (χ2v) is 5.44. The molecule has 1 amide bonds. The van der Waals surface area contributed by atoms with E-state index in [1.807, 2.05) is 0 Å².